The lowest BCUT2D eigenvalue weighted by atomic mass is 10.2. The van der Waals surface area contributed by atoms with Crippen LogP contribution in [0.25, 0.3) is 22.5 Å². The lowest BCUT2D eigenvalue weighted by Gasteiger charge is -2.04. The van der Waals surface area contributed by atoms with E-state index in [2.05, 4.69) is 20.5 Å². The first-order valence-electron chi connectivity index (χ1n) is 8.09. The molecule has 0 aliphatic rings. The van der Waals surface area contributed by atoms with Gasteiger partial charge in [-0.15, -0.1) is 5.10 Å². The summed E-state index contributed by atoms with van der Waals surface area (Å²) in [6.45, 7) is -0.214. The Hall–Kier alpha value is -3.88. The molecule has 27 heavy (non-hydrogen) atoms. The van der Waals surface area contributed by atoms with Crippen molar-refractivity contribution in [2.24, 2.45) is 0 Å². The molecule has 4 aromatic rings. The number of nitrogens with zero attached hydrogens (tertiary/aromatic N) is 3. The summed E-state index contributed by atoms with van der Waals surface area (Å²) in [7, 11) is 1.56. The van der Waals surface area contributed by atoms with E-state index in [4.69, 9.17) is 9.15 Å². The van der Waals surface area contributed by atoms with Crippen molar-refractivity contribution >= 4 is 23.0 Å². The average Bonchev–Trinajstić information content (AvgIpc) is 3.26. The topological polar surface area (TPSA) is 115 Å². The molecule has 2 aromatic heterocycles. The third-order valence-corrected chi connectivity index (χ3v) is 3.97. The van der Waals surface area contributed by atoms with Crippen LogP contribution in [0, 0.1) is 0 Å². The van der Waals surface area contributed by atoms with Gasteiger partial charge in [-0.05, 0) is 24.3 Å². The maximum absolute atomic E-state index is 12.3. The highest BCUT2D eigenvalue weighted by Gasteiger charge is 2.15. The number of oxazole rings is 1. The number of amides is 1. The van der Waals surface area contributed by atoms with E-state index in [1.807, 2.05) is 18.2 Å². The average molecular weight is 365 g/mol. The van der Waals surface area contributed by atoms with Crippen molar-refractivity contribution in [3.8, 4) is 17.1 Å². The van der Waals surface area contributed by atoms with Gasteiger partial charge >= 0.3 is 5.76 Å². The molecule has 2 heterocycles. The number of carbonyl (C=O) groups is 1. The highest BCUT2D eigenvalue weighted by atomic mass is 16.5. The molecule has 0 saturated carbocycles. The zero-order valence-electron chi connectivity index (χ0n) is 14.3. The second kappa shape index (κ2) is 6.79. The predicted octanol–water partition coefficient (Wildman–Crippen LogP) is 2.03. The van der Waals surface area contributed by atoms with Crippen LogP contribution in [0.2, 0.25) is 0 Å². The van der Waals surface area contributed by atoms with Gasteiger partial charge in [0.15, 0.2) is 11.4 Å². The Balaban J connectivity index is 1.53. The Morgan fingerprint density at radius 3 is 2.85 bits per heavy atom. The second-order valence-electron chi connectivity index (χ2n) is 5.68. The monoisotopic (exact) mass is 365 g/mol. The summed E-state index contributed by atoms with van der Waals surface area (Å²) in [5.41, 5.74) is 1.68. The van der Waals surface area contributed by atoms with Gasteiger partial charge in [0.1, 0.15) is 12.3 Å². The summed E-state index contributed by atoms with van der Waals surface area (Å²) in [4.78, 5) is 28.5. The fourth-order valence-corrected chi connectivity index (χ4v) is 2.75. The largest absolute Gasteiger partial charge is 0.496 e. The molecule has 0 saturated heterocycles. The first-order valence-corrected chi connectivity index (χ1v) is 8.09. The third kappa shape index (κ3) is 3.17. The number of para-hydroxylation sites is 3. The number of carbonyl (C=O) groups excluding carboxylic acids is 1. The van der Waals surface area contributed by atoms with Crippen LogP contribution in [-0.2, 0) is 11.3 Å². The number of rotatable bonds is 5. The molecule has 0 aliphatic heterocycles. The molecule has 0 spiro atoms. The molecule has 9 heteroatoms. The Bertz CT molecular complexity index is 1170. The van der Waals surface area contributed by atoms with Gasteiger partial charge in [0.05, 0.1) is 18.2 Å². The van der Waals surface area contributed by atoms with E-state index in [-0.39, 0.29) is 12.5 Å². The molecule has 136 valence electrons. The minimum Gasteiger partial charge on any atom is -0.496 e. The van der Waals surface area contributed by atoms with Crippen molar-refractivity contribution in [3.63, 3.8) is 0 Å². The predicted molar refractivity (Wildman–Crippen MR) is 97.5 cm³/mol. The molecular weight excluding hydrogens is 350 g/mol. The van der Waals surface area contributed by atoms with E-state index >= 15 is 0 Å². The highest BCUT2D eigenvalue weighted by Crippen LogP contribution is 2.27. The quantitative estimate of drug-likeness (QED) is 0.559. The zero-order chi connectivity index (χ0) is 18.8. The summed E-state index contributed by atoms with van der Waals surface area (Å²) in [5.74, 6) is 0.128. The molecule has 2 aromatic carbocycles. The fourth-order valence-electron chi connectivity index (χ4n) is 2.75. The molecule has 0 atom stereocenters. The fraction of sp³-hybridized carbons (Fsp3) is 0.111. The van der Waals surface area contributed by atoms with Crippen LogP contribution in [0.5, 0.6) is 5.75 Å². The summed E-state index contributed by atoms with van der Waals surface area (Å²) in [6.07, 6.45) is 0. The summed E-state index contributed by atoms with van der Waals surface area (Å²) in [6, 6.07) is 14.2. The van der Waals surface area contributed by atoms with E-state index in [0.717, 1.165) is 0 Å². The van der Waals surface area contributed by atoms with Crippen molar-refractivity contribution in [3.05, 3.63) is 59.1 Å². The van der Waals surface area contributed by atoms with Crippen LogP contribution >= 0.6 is 0 Å². The van der Waals surface area contributed by atoms with Gasteiger partial charge in [0, 0.05) is 0 Å². The molecule has 1 amide bonds. The van der Waals surface area contributed by atoms with Crippen molar-refractivity contribution in [2.75, 3.05) is 12.4 Å². The third-order valence-electron chi connectivity index (χ3n) is 3.97. The first kappa shape index (κ1) is 16.6. The van der Waals surface area contributed by atoms with E-state index in [1.165, 1.54) is 4.57 Å². The van der Waals surface area contributed by atoms with Gasteiger partial charge in [0.25, 0.3) is 0 Å². The minimum absolute atomic E-state index is 0.0988. The standard InChI is InChI=1S/C18H15N5O4/c1-26-13-8-4-2-6-11(13)16-20-17(22-21-16)19-15(24)10-23-12-7-3-5-9-14(12)27-18(23)25/h2-9H,10H2,1H3,(H2,19,20,21,22,24). The van der Waals surface area contributed by atoms with Crippen LogP contribution in [0.1, 0.15) is 0 Å². The first-order chi connectivity index (χ1) is 13.2. The smallest absolute Gasteiger partial charge is 0.420 e. The van der Waals surface area contributed by atoms with Gasteiger partial charge in [-0.1, -0.05) is 24.3 Å². The van der Waals surface area contributed by atoms with E-state index in [1.54, 1.807) is 37.4 Å². The van der Waals surface area contributed by atoms with Gasteiger partial charge in [-0.2, -0.15) is 4.98 Å². The van der Waals surface area contributed by atoms with Crippen molar-refractivity contribution in [1.29, 1.82) is 0 Å². The maximum atomic E-state index is 12.3. The summed E-state index contributed by atoms with van der Waals surface area (Å²) in [5, 5.41) is 9.31. The Labute approximate surface area is 152 Å². The van der Waals surface area contributed by atoms with Crippen molar-refractivity contribution < 1.29 is 13.9 Å². The second-order valence-corrected chi connectivity index (χ2v) is 5.68. The Kier molecular flexibility index (Phi) is 4.17. The van der Waals surface area contributed by atoms with Crippen LogP contribution < -0.4 is 15.8 Å². The molecular formula is C18H15N5O4. The molecule has 2 N–H and O–H groups in total. The van der Waals surface area contributed by atoms with Crippen molar-refractivity contribution in [2.45, 2.75) is 6.54 Å². The number of methoxy groups -OCH3 is 1. The lowest BCUT2D eigenvalue weighted by Crippen LogP contribution is -2.25. The number of hydrogen-bond acceptors (Lipinski definition) is 6. The van der Waals surface area contributed by atoms with Crippen LogP contribution in [0.3, 0.4) is 0 Å². The SMILES string of the molecule is COc1ccccc1-c1nc(NC(=O)Cn2c(=O)oc3ccccc32)n[nH]1. The number of benzene rings is 2. The number of aromatic nitrogens is 4. The Morgan fingerprint density at radius 2 is 2.00 bits per heavy atom. The number of hydrogen-bond donors (Lipinski definition) is 2. The molecule has 0 radical (unpaired) electrons. The van der Waals surface area contributed by atoms with Gasteiger partial charge in [0.2, 0.25) is 11.9 Å². The number of H-pyrrole nitrogens is 1. The number of fused-ring (bicyclic) bond motifs is 1. The number of nitrogens with one attached hydrogen (secondary N) is 2. The van der Waals surface area contributed by atoms with Crippen LogP contribution in [0.4, 0.5) is 5.95 Å². The van der Waals surface area contributed by atoms with Crippen LogP contribution in [0.15, 0.2) is 57.7 Å². The van der Waals surface area contributed by atoms with Gasteiger partial charge in [-0.25, -0.2) is 4.79 Å². The molecule has 0 unspecified atom stereocenters. The number of anilines is 1. The lowest BCUT2D eigenvalue weighted by molar-refractivity contribution is -0.116. The number of aromatic amines is 1. The maximum Gasteiger partial charge on any atom is 0.420 e. The minimum atomic E-state index is -0.601. The van der Waals surface area contributed by atoms with Crippen LogP contribution in [-0.4, -0.2) is 32.8 Å². The van der Waals surface area contributed by atoms with E-state index in [9.17, 15) is 9.59 Å². The Morgan fingerprint density at radius 1 is 1.22 bits per heavy atom. The molecule has 0 aliphatic carbocycles. The summed E-state index contributed by atoms with van der Waals surface area (Å²) >= 11 is 0. The highest BCUT2D eigenvalue weighted by molar-refractivity contribution is 5.90. The molecule has 0 bridgehead atoms. The van der Waals surface area contributed by atoms with E-state index < -0.39 is 11.7 Å². The molecule has 4 rings (SSSR count). The normalized spacial score (nSPS) is 10.9. The molecule has 0 fully saturated rings. The van der Waals surface area contributed by atoms with Gasteiger partial charge < -0.3 is 9.15 Å². The number of ether oxygens (including phenoxy) is 1. The van der Waals surface area contributed by atoms with Crippen molar-refractivity contribution in [1.82, 2.24) is 19.7 Å². The van der Waals surface area contributed by atoms with Gasteiger partial charge in [-0.3, -0.25) is 19.8 Å². The molecule has 9 nitrogen and oxygen atoms in total. The van der Waals surface area contributed by atoms with E-state index in [0.29, 0.717) is 28.2 Å². The summed E-state index contributed by atoms with van der Waals surface area (Å²) < 4.78 is 11.7. The zero-order valence-corrected chi connectivity index (χ0v) is 14.3.